The summed E-state index contributed by atoms with van der Waals surface area (Å²) in [5.41, 5.74) is 0.994. The van der Waals surface area contributed by atoms with Crippen molar-refractivity contribution in [1.82, 2.24) is 5.32 Å². The van der Waals surface area contributed by atoms with Gasteiger partial charge >= 0.3 is 0 Å². The summed E-state index contributed by atoms with van der Waals surface area (Å²) >= 11 is 0. The van der Waals surface area contributed by atoms with Crippen molar-refractivity contribution in [3.8, 4) is 0 Å². The maximum Gasteiger partial charge on any atom is 0.141 e. The molecule has 0 radical (unpaired) electrons. The van der Waals surface area contributed by atoms with E-state index in [4.69, 9.17) is 4.84 Å². The summed E-state index contributed by atoms with van der Waals surface area (Å²) < 4.78 is 0. The Balaban J connectivity index is 0.00000205. The Hall–Kier alpha value is -0.940. The highest BCUT2D eigenvalue weighted by molar-refractivity contribution is 5.93. The lowest BCUT2D eigenvalue weighted by Gasteiger charge is -2.58. The van der Waals surface area contributed by atoms with Gasteiger partial charge in [0.25, 0.3) is 0 Å². The second kappa shape index (κ2) is 7.64. The molecule has 0 aromatic heterocycles. The number of halogens is 1. The fourth-order valence-electron chi connectivity index (χ4n) is 7.57. The second-order valence-electron chi connectivity index (χ2n) is 10.6. The smallest absolute Gasteiger partial charge is 0.141 e. The molecule has 5 fully saturated rings. The molecule has 7 atom stereocenters. The monoisotopic (exact) mass is 422 g/mol. The number of ketones is 2. The molecular formula is C23H35ClN2O3. The number of rotatable bonds is 2. The second-order valence-corrected chi connectivity index (χ2v) is 10.6. The first kappa shape index (κ1) is 21.3. The molecule has 1 saturated heterocycles. The summed E-state index contributed by atoms with van der Waals surface area (Å²) in [7, 11) is 0. The van der Waals surface area contributed by atoms with E-state index in [0.29, 0.717) is 35.7 Å². The maximum absolute atomic E-state index is 13.3. The molecule has 0 spiro atoms. The largest absolute Gasteiger partial charge is 0.391 e. The van der Waals surface area contributed by atoms with Crippen molar-refractivity contribution in [2.24, 2.45) is 39.7 Å². The van der Waals surface area contributed by atoms with E-state index in [9.17, 15) is 9.59 Å². The number of hydrogen-bond donors (Lipinski definition) is 1. The third-order valence-corrected chi connectivity index (χ3v) is 9.35. The van der Waals surface area contributed by atoms with E-state index in [1.165, 1.54) is 0 Å². The van der Waals surface area contributed by atoms with Crippen LogP contribution in [0.1, 0.15) is 71.6 Å². The van der Waals surface area contributed by atoms with Crippen LogP contribution in [0.25, 0.3) is 0 Å². The molecule has 4 aliphatic carbocycles. The molecule has 1 heterocycles. The fraction of sp³-hybridized carbons (Fsp3) is 0.870. The molecule has 5 aliphatic rings. The molecule has 1 N–H and O–H groups in total. The van der Waals surface area contributed by atoms with Gasteiger partial charge in [0.1, 0.15) is 17.7 Å². The highest BCUT2D eigenvalue weighted by Gasteiger charge is 2.62. The van der Waals surface area contributed by atoms with E-state index in [0.717, 1.165) is 70.2 Å². The minimum Gasteiger partial charge on any atom is -0.391 e. The van der Waals surface area contributed by atoms with E-state index in [-0.39, 0.29) is 35.3 Å². The van der Waals surface area contributed by atoms with Crippen LogP contribution < -0.4 is 5.32 Å². The van der Waals surface area contributed by atoms with Crippen molar-refractivity contribution in [2.45, 2.75) is 77.7 Å². The number of carbonyl (C=O) groups excluding carboxylic acids is 2. The van der Waals surface area contributed by atoms with Gasteiger partial charge in [-0.1, -0.05) is 19.0 Å². The molecular weight excluding hydrogens is 388 g/mol. The summed E-state index contributed by atoms with van der Waals surface area (Å²) in [4.78, 5) is 31.6. The van der Waals surface area contributed by atoms with Crippen LogP contribution in [0.15, 0.2) is 5.16 Å². The summed E-state index contributed by atoms with van der Waals surface area (Å²) in [6.45, 7) is 6.42. The van der Waals surface area contributed by atoms with Gasteiger partial charge in [-0.05, 0) is 68.2 Å². The first-order valence-corrected chi connectivity index (χ1v) is 11.4. The number of Topliss-reactive ketones (excluding diaryl/α,β-unsaturated/α-hetero) is 2. The Morgan fingerprint density at radius 1 is 1.03 bits per heavy atom. The van der Waals surface area contributed by atoms with Crippen molar-refractivity contribution < 1.29 is 14.4 Å². The lowest BCUT2D eigenvalue weighted by molar-refractivity contribution is -0.152. The van der Waals surface area contributed by atoms with Gasteiger partial charge in [-0.15, -0.1) is 12.4 Å². The van der Waals surface area contributed by atoms with Gasteiger partial charge in [0.05, 0.1) is 5.71 Å². The zero-order valence-corrected chi connectivity index (χ0v) is 18.6. The van der Waals surface area contributed by atoms with E-state index in [2.05, 4.69) is 24.3 Å². The SMILES string of the molecule is C[C@]12CC/C(=N/O[C@@H]3CCNC3)C[C@@H]1C(=O)C[C@@H]1[C@@H]2CC[C@]2(C)C(=O)CC[C@@H]12.Cl. The van der Waals surface area contributed by atoms with Crippen LogP contribution >= 0.6 is 12.4 Å². The number of fused-ring (bicyclic) bond motifs is 5. The molecule has 5 rings (SSSR count). The molecule has 29 heavy (non-hydrogen) atoms. The van der Waals surface area contributed by atoms with Gasteiger partial charge in [-0.25, -0.2) is 0 Å². The van der Waals surface area contributed by atoms with Crippen LogP contribution in [0.2, 0.25) is 0 Å². The number of carbonyl (C=O) groups is 2. The normalized spacial score (nSPS) is 47.9. The molecule has 4 saturated carbocycles. The predicted octanol–water partition coefficient (Wildman–Crippen LogP) is 3.93. The lowest BCUT2D eigenvalue weighted by Crippen LogP contribution is -2.56. The average molecular weight is 423 g/mol. The number of nitrogens with one attached hydrogen (secondary N) is 1. The van der Waals surface area contributed by atoms with Crippen LogP contribution in [0, 0.1) is 34.5 Å². The molecule has 0 bridgehead atoms. The van der Waals surface area contributed by atoms with Crippen molar-refractivity contribution in [3.63, 3.8) is 0 Å². The molecule has 0 aromatic rings. The molecule has 162 valence electrons. The minimum atomic E-state index is -0.158. The van der Waals surface area contributed by atoms with Crippen LogP contribution in [0.3, 0.4) is 0 Å². The van der Waals surface area contributed by atoms with Gasteiger partial charge in [0.2, 0.25) is 0 Å². The zero-order chi connectivity index (χ0) is 19.5. The third-order valence-electron chi connectivity index (χ3n) is 9.35. The number of oxime groups is 1. The predicted molar refractivity (Wildman–Crippen MR) is 114 cm³/mol. The zero-order valence-electron chi connectivity index (χ0n) is 17.7. The van der Waals surface area contributed by atoms with Crippen LogP contribution in [0.4, 0.5) is 0 Å². The molecule has 5 nitrogen and oxygen atoms in total. The van der Waals surface area contributed by atoms with Crippen LogP contribution in [-0.2, 0) is 14.4 Å². The molecule has 0 amide bonds. The van der Waals surface area contributed by atoms with Crippen molar-refractivity contribution >= 4 is 29.7 Å². The Labute approximate surface area is 180 Å². The maximum atomic E-state index is 13.3. The van der Waals surface area contributed by atoms with Crippen LogP contribution in [-0.4, -0.2) is 36.5 Å². The van der Waals surface area contributed by atoms with E-state index >= 15 is 0 Å². The van der Waals surface area contributed by atoms with Gasteiger partial charge in [-0.2, -0.15) is 0 Å². The van der Waals surface area contributed by atoms with E-state index in [1.54, 1.807) is 0 Å². The summed E-state index contributed by atoms with van der Waals surface area (Å²) in [6.07, 6.45) is 8.50. The average Bonchev–Trinajstić information content (AvgIpc) is 3.29. The van der Waals surface area contributed by atoms with Gasteiger partial charge in [0, 0.05) is 37.1 Å². The quantitative estimate of drug-likeness (QED) is 0.684. The number of nitrogens with zero attached hydrogens (tertiary/aromatic N) is 1. The molecule has 0 unspecified atom stereocenters. The van der Waals surface area contributed by atoms with Gasteiger partial charge in [-0.3, -0.25) is 9.59 Å². The third kappa shape index (κ3) is 3.27. The Bertz CT molecular complexity index is 719. The van der Waals surface area contributed by atoms with Gasteiger partial charge in [0.15, 0.2) is 0 Å². The summed E-state index contributed by atoms with van der Waals surface area (Å²) in [5.74, 6) is 2.38. The standard InChI is InChI=1S/C23H34N2O3.ClH/c1-22-8-5-14(25-28-15-7-10-24-13-15)11-19(22)20(26)12-16-17-3-4-21(27)23(17,2)9-6-18(16)22;/h15-19,24H,3-13H2,1-2H3;1H/b25-14-;/t15-,16+,17+,18+,19-,22-,23+;/m1./s1. The Morgan fingerprint density at radius 3 is 2.62 bits per heavy atom. The first-order chi connectivity index (χ1) is 13.4. The van der Waals surface area contributed by atoms with Crippen LogP contribution in [0.5, 0.6) is 0 Å². The Kier molecular flexibility index (Phi) is 5.61. The van der Waals surface area contributed by atoms with Gasteiger partial charge < -0.3 is 10.2 Å². The minimum absolute atomic E-state index is 0. The topological polar surface area (TPSA) is 67.8 Å². The van der Waals surface area contributed by atoms with E-state index in [1.807, 2.05) is 0 Å². The van der Waals surface area contributed by atoms with E-state index < -0.39 is 0 Å². The summed E-state index contributed by atoms with van der Waals surface area (Å²) in [5, 5.41) is 7.78. The fourth-order valence-corrected chi connectivity index (χ4v) is 7.57. The number of hydrogen-bond acceptors (Lipinski definition) is 5. The first-order valence-electron chi connectivity index (χ1n) is 11.4. The highest BCUT2D eigenvalue weighted by Crippen LogP contribution is 2.64. The summed E-state index contributed by atoms with van der Waals surface area (Å²) in [6, 6.07) is 0. The molecule has 0 aromatic carbocycles. The highest BCUT2D eigenvalue weighted by atomic mass is 35.5. The molecule has 1 aliphatic heterocycles. The Morgan fingerprint density at radius 2 is 1.86 bits per heavy atom. The van der Waals surface area contributed by atoms with Crippen molar-refractivity contribution in [2.75, 3.05) is 13.1 Å². The molecule has 6 heteroatoms. The lowest BCUT2D eigenvalue weighted by atomic mass is 9.45. The van der Waals surface area contributed by atoms with Crippen molar-refractivity contribution in [1.29, 1.82) is 0 Å². The van der Waals surface area contributed by atoms with Crippen molar-refractivity contribution in [3.05, 3.63) is 0 Å².